The molecule has 0 aromatic carbocycles. The third kappa shape index (κ3) is 1.68. The van der Waals surface area contributed by atoms with Gasteiger partial charge in [0.05, 0.1) is 6.26 Å². The molecule has 2 heterocycles. The summed E-state index contributed by atoms with van der Waals surface area (Å²) in [5, 5.41) is 0. The van der Waals surface area contributed by atoms with E-state index in [0.717, 1.165) is 13.0 Å². The van der Waals surface area contributed by atoms with Crippen molar-refractivity contribution in [1.82, 2.24) is 4.90 Å². The van der Waals surface area contributed by atoms with Crippen LogP contribution in [-0.2, 0) is 6.42 Å². The minimum atomic E-state index is 0.568. The standard InChI is InChI=1S/C13H20N2O/c14-9-10-7-12(15-4-1-2-5-15)11-3-6-16-13(11)8-10/h3,6,10,12H,1-2,4-5,7-9,14H2. The second-order valence-electron chi connectivity index (χ2n) is 5.10. The number of likely N-dealkylation sites (tertiary alicyclic amines) is 1. The van der Waals surface area contributed by atoms with Crippen molar-refractivity contribution in [3.8, 4) is 0 Å². The van der Waals surface area contributed by atoms with Gasteiger partial charge in [-0.3, -0.25) is 4.90 Å². The van der Waals surface area contributed by atoms with E-state index in [9.17, 15) is 0 Å². The van der Waals surface area contributed by atoms with Crippen LogP contribution in [0.3, 0.4) is 0 Å². The maximum absolute atomic E-state index is 5.83. The Bertz CT molecular complexity index is 355. The van der Waals surface area contributed by atoms with Gasteiger partial charge < -0.3 is 10.2 Å². The van der Waals surface area contributed by atoms with Crippen molar-refractivity contribution in [2.45, 2.75) is 31.7 Å². The molecule has 0 amide bonds. The number of nitrogens with zero attached hydrogens (tertiary/aromatic N) is 1. The minimum absolute atomic E-state index is 0.568. The predicted molar refractivity (Wildman–Crippen MR) is 63.1 cm³/mol. The molecule has 1 fully saturated rings. The fraction of sp³-hybridized carbons (Fsp3) is 0.692. The second kappa shape index (κ2) is 4.22. The molecule has 16 heavy (non-hydrogen) atoms. The highest BCUT2D eigenvalue weighted by atomic mass is 16.3. The van der Waals surface area contributed by atoms with Crippen LogP contribution in [-0.4, -0.2) is 24.5 Å². The molecule has 0 saturated carbocycles. The lowest BCUT2D eigenvalue weighted by atomic mass is 9.84. The monoisotopic (exact) mass is 220 g/mol. The average molecular weight is 220 g/mol. The molecule has 1 saturated heterocycles. The van der Waals surface area contributed by atoms with Gasteiger partial charge in [-0.1, -0.05) is 0 Å². The highest BCUT2D eigenvalue weighted by molar-refractivity contribution is 5.25. The number of rotatable bonds is 2. The lowest BCUT2D eigenvalue weighted by Crippen LogP contribution is -2.33. The normalized spacial score (nSPS) is 30.6. The Morgan fingerprint density at radius 3 is 2.94 bits per heavy atom. The molecule has 1 aliphatic carbocycles. The van der Waals surface area contributed by atoms with E-state index in [0.29, 0.717) is 12.0 Å². The summed E-state index contributed by atoms with van der Waals surface area (Å²) < 4.78 is 5.60. The summed E-state index contributed by atoms with van der Waals surface area (Å²) in [6, 6.07) is 2.73. The van der Waals surface area contributed by atoms with Crippen LogP contribution in [0.15, 0.2) is 16.7 Å². The van der Waals surface area contributed by atoms with E-state index in [-0.39, 0.29) is 0 Å². The van der Waals surface area contributed by atoms with Crippen molar-refractivity contribution in [2.24, 2.45) is 11.7 Å². The Morgan fingerprint density at radius 2 is 2.19 bits per heavy atom. The molecule has 3 rings (SSSR count). The third-order valence-electron chi connectivity index (χ3n) is 4.08. The van der Waals surface area contributed by atoms with E-state index in [1.54, 1.807) is 0 Å². The fourth-order valence-corrected chi connectivity index (χ4v) is 3.18. The molecule has 1 aromatic rings. The van der Waals surface area contributed by atoms with Crippen LogP contribution in [0.25, 0.3) is 0 Å². The molecule has 0 radical (unpaired) electrons. The molecule has 1 aliphatic heterocycles. The van der Waals surface area contributed by atoms with Gasteiger partial charge in [-0.25, -0.2) is 0 Å². The van der Waals surface area contributed by atoms with Gasteiger partial charge in [-0.2, -0.15) is 0 Å². The van der Waals surface area contributed by atoms with Crippen LogP contribution in [0.4, 0.5) is 0 Å². The molecule has 88 valence electrons. The summed E-state index contributed by atoms with van der Waals surface area (Å²) in [6.45, 7) is 3.27. The number of nitrogens with two attached hydrogens (primary N) is 1. The quantitative estimate of drug-likeness (QED) is 0.828. The number of hydrogen-bond donors (Lipinski definition) is 1. The number of hydrogen-bond acceptors (Lipinski definition) is 3. The Hall–Kier alpha value is -0.800. The van der Waals surface area contributed by atoms with Crippen molar-refractivity contribution in [1.29, 1.82) is 0 Å². The van der Waals surface area contributed by atoms with E-state index in [1.165, 1.54) is 43.7 Å². The lowest BCUT2D eigenvalue weighted by molar-refractivity contribution is 0.188. The summed E-state index contributed by atoms with van der Waals surface area (Å²) in [7, 11) is 0. The highest BCUT2D eigenvalue weighted by Crippen LogP contribution is 2.38. The zero-order chi connectivity index (χ0) is 11.0. The summed E-state index contributed by atoms with van der Waals surface area (Å²) in [4.78, 5) is 2.61. The zero-order valence-corrected chi connectivity index (χ0v) is 9.69. The Balaban J connectivity index is 1.87. The maximum Gasteiger partial charge on any atom is 0.108 e. The van der Waals surface area contributed by atoms with E-state index in [1.807, 2.05) is 6.26 Å². The molecule has 0 spiro atoms. The minimum Gasteiger partial charge on any atom is -0.469 e. The molecular formula is C13H20N2O. The summed E-state index contributed by atoms with van der Waals surface area (Å²) in [5.41, 5.74) is 7.25. The van der Waals surface area contributed by atoms with Crippen LogP contribution < -0.4 is 5.73 Å². The first-order valence-corrected chi connectivity index (χ1v) is 6.39. The van der Waals surface area contributed by atoms with Gasteiger partial charge in [-0.15, -0.1) is 0 Å². The van der Waals surface area contributed by atoms with Gasteiger partial charge in [0, 0.05) is 18.0 Å². The first-order valence-electron chi connectivity index (χ1n) is 6.39. The van der Waals surface area contributed by atoms with Crippen molar-refractivity contribution in [3.63, 3.8) is 0 Å². The van der Waals surface area contributed by atoms with Crippen molar-refractivity contribution < 1.29 is 4.42 Å². The van der Waals surface area contributed by atoms with Crippen molar-refractivity contribution in [2.75, 3.05) is 19.6 Å². The van der Waals surface area contributed by atoms with E-state index in [4.69, 9.17) is 10.2 Å². The Morgan fingerprint density at radius 1 is 1.38 bits per heavy atom. The Kier molecular flexibility index (Phi) is 2.74. The van der Waals surface area contributed by atoms with Crippen molar-refractivity contribution >= 4 is 0 Å². The molecule has 2 N–H and O–H groups in total. The van der Waals surface area contributed by atoms with Crippen LogP contribution in [0, 0.1) is 5.92 Å². The molecule has 1 aromatic heterocycles. The van der Waals surface area contributed by atoms with E-state index in [2.05, 4.69) is 11.0 Å². The van der Waals surface area contributed by atoms with Gasteiger partial charge in [0.1, 0.15) is 5.76 Å². The smallest absolute Gasteiger partial charge is 0.108 e. The summed E-state index contributed by atoms with van der Waals surface area (Å²) in [6.07, 6.45) is 6.77. The lowest BCUT2D eigenvalue weighted by Gasteiger charge is -2.34. The average Bonchev–Trinajstić information content (AvgIpc) is 2.98. The van der Waals surface area contributed by atoms with Crippen LogP contribution in [0.2, 0.25) is 0 Å². The predicted octanol–water partition coefficient (Wildman–Crippen LogP) is 1.94. The summed E-state index contributed by atoms with van der Waals surface area (Å²) in [5.74, 6) is 1.78. The number of fused-ring (bicyclic) bond motifs is 1. The van der Waals surface area contributed by atoms with Gasteiger partial charge >= 0.3 is 0 Å². The first-order chi connectivity index (χ1) is 7.88. The Labute approximate surface area is 96.6 Å². The number of furan rings is 1. The van der Waals surface area contributed by atoms with E-state index < -0.39 is 0 Å². The molecule has 3 nitrogen and oxygen atoms in total. The molecule has 2 atom stereocenters. The molecular weight excluding hydrogens is 200 g/mol. The van der Waals surface area contributed by atoms with Crippen LogP contribution in [0.1, 0.15) is 36.6 Å². The third-order valence-corrected chi connectivity index (χ3v) is 4.08. The first kappa shape index (κ1) is 10.4. The van der Waals surface area contributed by atoms with Crippen LogP contribution in [0.5, 0.6) is 0 Å². The SMILES string of the molecule is NCC1Cc2occc2C(N2CCCC2)C1. The second-order valence-corrected chi connectivity index (χ2v) is 5.10. The van der Waals surface area contributed by atoms with Crippen LogP contribution >= 0.6 is 0 Å². The molecule has 0 bridgehead atoms. The van der Waals surface area contributed by atoms with Crippen molar-refractivity contribution in [3.05, 3.63) is 23.7 Å². The topological polar surface area (TPSA) is 42.4 Å². The van der Waals surface area contributed by atoms with Gasteiger partial charge in [0.2, 0.25) is 0 Å². The van der Waals surface area contributed by atoms with Gasteiger partial charge in [0.25, 0.3) is 0 Å². The fourth-order valence-electron chi connectivity index (χ4n) is 3.18. The zero-order valence-electron chi connectivity index (χ0n) is 9.69. The molecule has 3 heteroatoms. The molecule has 2 unspecified atom stereocenters. The maximum atomic E-state index is 5.83. The summed E-state index contributed by atoms with van der Waals surface area (Å²) >= 11 is 0. The highest BCUT2D eigenvalue weighted by Gasteiger charge is 2.33. The largest absolute Gasteiger partial charge is 0.469 e. The van der Waals surface area contributed by atoms with E-state index >= 15 is 0 Å². The van der Waals surface area contributed by atoms with Gasteiger partial charge in [-0.05, 0) is 50.9 Å². The van der Waals surface area contributed by atoms with Gasteiger partial charge in [0.15, 0.2) is 0 Å². The molecule has 2 aliphatic rings.